The van der Waals surface area contributed by atoms with E-state index in [0.717, 1.165) is 20.8 Å². The number of hydrogen-bond donors (Lipinski definition) is 0. The second kappa shape index (κ2) is 11.1. The third kappa shape index (κ3) is 4.21. The fourth-order valence-electron chi connectivity index (χ4n) is 5.68. The molecule has 4 aromatic rings. The van der Waals surface area contributed by atoms with Crippen molar-refractivity contribution in [1.82, 2.24) is 9.80 Å². The van der Waals surface area contributed by atoms with Gasteiger partial charge >= 0.3 is 5.97 Å². The van der Waals surface area contributed by atoms with Gasteiger partial charge in [-0.1, -0.05) is 116 Å². The van der Waals surface area contributed by atoms with Gasteiger partial charge in [-0.3, -0.25) is 19.3 Å². The van der Waals surface area contributed by atoms with Crippen LogP contribution in [0.4, 0.5) is 0 Å². The van der Waals surface area contributed by atoms with Crippen molar-refractivity contribution in [3.63, 3.8) is 0 Å². The molecule has 0 N–H and O–H groups in total. The Kier molecular flexibility index (Phi) is 7.19. The normalized spacial score (nSPS) is 16.1. The van der Waals surface area contributed by atoms with Crippen LogP contribution in [0.1, 0.15) is 20.7 Å². The van der Waals surface area contributed by atoms with Crippen LogP contribution in [-0.4, -0.2) is 58.1 Å². The number of imide groups is 1. The highest BCUT2D eigenvalue weighted by Crippen LogP contribution is 2.48. The van der Waals surface area contributed by atoms with Gasteiger partial charge in [0.05, 0.1) is 17.7 Å². The maximum atomic E-state index is 14.2. The number of rotatable bonds is 8. The van der Waals surface area contributed by atoms with Crippen molar-refractivity contribution in [2.24, 2.45) is 0 Å². The molecular formula is C34H27N2O5P. The zero-order valence-electron chi connectivity index (χ0n) is 22.6. The first-order chi connectivity index (χ1) is 20.5. The molecule has 7 nitrogen and oxygen atoms in total. The van der Waals surface area contributed by atoms with Gasteiger partial charge in [0, 0.05) is 6.89 Å². The molecule has 6 rings (SSSR count). The molecule has 4 aromatic carbocycles. The van der Waals surface area contributed by atoms with Crippen molar-refractivity contribution in [3.8, 4) is 0 Å². The second-order valence-corrected chi connectivity index (χ2v) is 13.2. The summed E-state index contributed by atoms with van der Waals surface area (Å²) in [5, 5.41) is 2.56. The number of ether oxygens (including phenoxy) is 1. The van der Waals surface area contributed by atoms with Crippen LogP contribution in [0.3, 0.4) is 0 Å². The summed E-state index contributed by atoms with van der Waals surface area (Å²) in [4.78, 5) is 57.1. The quantitative estimate of drug-likeness (QED) is 0.106. The Morgan fingerprint density at radius 2 is 1.17 bits per heavy atom. The monoisotopic (exact) mass is 574 g/mol. The molecular weight excluding hydrogens is 547 g/mol. The van der Waals surface area contributed by atoms with Gasteiger partial charge in [0.25, 0.3) is 17.7 Å². The van der Waals surface area contributed by atoms with E-state index >= 15 is 0 Å². The third-order valence-electron chi connectivity index (χ3n) is 7.56. The van der Waals surface area contributed by atoms with Gasteiger partial charge in [-0.2, -0.15) is 0 Å². The summed E-state index contributed by atoms with van der Waals surface area (Å²) in [6.45, 7) is 0.561. The fraction of sp³-hybridized carbons (Fsp3) is 0.0882. The minimum absolute atomic E-state index is 0.0307. The number of esters is 1. The molecule has 0 saturated carbocycles. The SMILES string of the molecule is C=CCOC(=O)C(N1C[C@H](N2C(=O)c3ccccc3C2=O)C1=O)=P(c1ccccc1)(c1ccccc1)c1ccccc1. The Morgan fingerprint density at radius 1 is 0.738 bits per heavy atom. The lowest BCUT2D eigenvalue weighted by molar-refractivity contribution is -0.144. The van der Waals surface area contributed by atoms with E-state index < -0.39 is 36.6 Å². The highest BCUT2D eigenvalue weighted by Gasteiger charge is 2.53. The molecule has 0 unspecified atom stereocenters. The van der Waals surface area contributed by atoms with Crippen LogP contribution in [0.15, 0.2) is 128 Å². The minimum atomic E-state index is -3.04. The summed E-state index contributed by atoms with van der Waals surface area (Å²) in [6.07, 6.45) is 1.47. The van der Waals surface area contributed by atoms with E-state index in [-0.39, 0.29) is 29.7 Å². The topological polar surface area (TPSA) is 84.0 Å². The number of nitrogens with zero attached hydrogens (tertiary/aromatic N) is 2. The van der Waals surface area contributed by atoms with Gasteiger partial charge in [-0.25, -0.2) is 4.79 Å². The first kappa shape index (κ1) is 27.2. The molecule has 2 heterocycles. The number of hydrogen-bond acceptors (Lipinski definition) is 5. The van der Waals surface area contributed by atoms with Crippen molar-refractivity contribution in [2.45, 2.75) is 6.04 Å². The van der Waals surface area contributed by atoms with Gasteiger partial charge < -0.3 is 9.64 Å². The molecule has 0 aromatic heterocycles. The smallest absolute Gasteiger partial charge is 0.356 e. The van der Waals surface area contributed by atoms with Gasteiger partial charge in [-0.05, 0) is 28.0 Å². The van der Waals surface area contributed by atoms with Gasteiger partial charge in [-0.15, -0.1) is 0 Å². The summed E-state index contributed by atoms with van der Waals surface area (Å²) in [5.74, 6) is -2.20. The first-order valence-corrected chi connectivity index (χ1v) is 15.3. The lowest BCUT2D eigenvalue weighted by atomic mass is 10.1. The van der Waals surface area contributed by atoms with E-state index in [9.17, 15) is 19.2 Å². The van der Waals surface area contributed by atoms with E-state index in [4.69, 9.17) is 4.74 Å². The van der Waals surface area contributed by atoms with E-state index in [2.05, 4.69) is 6.58 Å². The number of β-lactam (4-membered cyclic amide) rings is 1. The number of amides is 3. The number of fused-ring (bicyclic) bond motifs is 1. The van der Waals surface area contributed by atoms with Gasteiger partial charge in [0.1, 0.15) is 18.1 Å². The lowest BCUT2D eigenvalue weighted by Gasteiger charge is -2.45. The Bertz CT molecular complexity index is 1630. The predicted octanol–water partition coefficient (Wildman–Crippen LogP) is 3.35. The summed E-state index contributed by atoms with van der Waals surface area (Å²) in [7, 11) is 0. The highest BCUT2D eigenvalue weighted by molar-refractivity contribution is 7.96. The van der Waals surface area contributed by atoms with Crippen LogP contribution < -0.4 is 15.9 Å². The molecule has 0 bridgehead atoms. The van der Waals surface area contributed by atoms with E-state index in [1.807, 2.05) is 91.0 Å². The molecule has 2 aliphatic rings. The number of benzene rings is 4. The molecule has 0 spiro atoms. The molecule has 0 radical (unpaired) electrons. The van der Waals surface area contributed by atoms with Crippen LogP contribution >= 0.6 is 6.89 Å². The first-order valence-electron chi connectivity index (χ1n) is 13.5. The number of likely N-dealkylation sites (tertiary alicyclic amines) is 1. The minimum Gasteiger partial charge on any atom is -0.457 e. The Morgan fingerprint density at radius 3 is 1.57 bits per heavy atom. The Balaban J connectivity index is 1.59. The second-order valence-electron chi connectivity index (χ2n) is 9.88. The van der Waals surface area contributed by atoms with Crippen molar-refractivity contribution in [3.05, 3.63) is 139 Å². The number of carbonyl (C=O) groups is 4. The van der Waals surface area contributed by atoms with Crippen LogP contribution in [0, 0.1) is 0 Å². The fourth-order valence-corrected chi connectivity index (χ4v) is 10.0. The highest BCUT2D eigenvalue weighted by atomic mass is 31.2. The van der Waals surface area contributed by atoms with Gasteiger partial charge in [0.2, 0.25) is 0 Å². The molecule has 2 aliphatic heterocycles. The average molecular weight is 575 g/mol. The third-order valence-corrected chi connectivity index (χ3v) is 11.8. The molecule has 1 fully saturated rings. The van der Waals surface area contributed by atoms with Gasteiger partial charge in [0.15, 0.2) is 0 Å². The van der Waals surface area contributed by atoms with Crippen molar-refractivity contribution < 1.29 is 23.9 Å². The average Bonchev–Trinajstić information content (AvgIpc) is 3.29. The Hall–Kier alpha value is -5.00. The van der Waals surface area contributed by atoms with E-state index in [1.54, 1.807) is 24.3 Å². The molecule has 3 amide bonds. The molecule has 208 valence electrons. The zero-order chi connectivity index (χ0) is 29.3. The summed E-state index contributed by atoms with van der Waals surface area (Å²) < 4.78 is 5.68. The zero-order valence-corrected chi connectivity index (χ0v) is 23.5. The standard InChI is InChI=1S/C34H27N2O5P/c1-2-22-41-34(40)33(35-23-29(32(35)39)36-30(37)27-20-12-13-21-28(27)31(36)38)42(24-14-6-3-7-15-24,25-16-8-4-9-17-25)26-18-10-5-11-19-26/h2-21,29H,1,22-23H2/t29-/m0/s1. The van der Waals surface area contributed by atoms with Crippen molar-refractivity contribution in [1.29, 1.82) is 0 Å². The molecule has 42 heavy (non-hydrogen) atoms. The van der Waals surface area contributed by atoms with Crippen molar-refractivity contribution in [2.75, 3.05) is 13.2 Å². The number of carbonyl (C=O) groups excluding carboxylic acids is 4. The maximum Gasteiger partial charge on any atom is 0.356 e. The largest absolute Gasteiger partial charge is 0.457 e. The predicted molar refractivity (Wildman–Crippen MR) is 164 cm³/mol. The summed E-state index contributed by atoms with van der Waals surface area (Å²) in [6, 6.07) is 34.4. The maximum absolute atomic E-state index is 14.2. The molecule has 0 aliphatic carbocycles. The van der Waals surface area contributed by atoms with Crippen LogP contribution in [0.5, 0.6) is 0 Å². The van der Waals surface area contributed by atoms with Crippen LogP contribution in [0.25, 0.3) is 0 Å². The lowest BCUT2D eigenvalue weighted by Crippen LogP contribution is -2.68. The molecule has 1 saturated heterocycles. The van der Waals surface area contributed by atoms with Crippen LogP contribution in [0.2, 0.25) is 0 Å². The summed E-state index contributed by atoms with van der Waals surface area (Å²) >= 11 is 0. The molecule has 1 atom stereocenters. The van der Waals surface area contributed by atoms with E-state index in [0.29, 0.717) is 0 Å². The van der Waals surface area contributed by atoms with Crippen molar-refractivity contribution >= 4 is 51.9 Å². The molecule has 8 heteroatoms. The Labute approximate surface area is 243 Å². The van der Waals surface area contributed by atoms with Crippen LogP contribution in [-0.2, 0) is 14.3 Å². The summed E-state index contributed by atoms with van der Waals surface area (Å²) in [5.41, 5.74) is 0.719. The van der Waals surface area contributed by atoms with E-state index in [1.165, 1.54) is 11.0 Å².